The minimum absolute atomic E-state index is 0.416. The lowest BCUT2D eigenvalue weighted by atomic mass is 10.3. The molecule has 0 saturated heterocycles. The van der Waals surface area contributed by atoms with Crippen molar-refractivity contribution < 1.29 is 0 Å². The van der Waals surface area contributed by atoms with Crippen molar-refractivity contribution in [3.05, 3.63) is 0 Å². The van der Waals surface area contributed by atoms with Crippen LogP contribution in [-0.2, 0) is 0 Å². The fraction of sp³-hybridized carbons (Fsp3) is 1.00. The molecule has 0 amide bonds. The molecule has 0 aliphatic rings. The molecule has 0 aliphatic heterocycles. The van der Waals surface area contributed by atoms with Gasteiger partial charge in [-0.3, -0.25) is 0 Å². The molecule has 0 radical (unpaired) electrons. The Bertz CT molecular complexity index is 97.7. The Morgan fingerprint density at radius 1 is 1.18 bits per heavy atom. The average Bonchev–Trinajstić information content (AvgIpc) is 1.84. The Morgan fingerprint density at radius 2 is 1.73 bits per heavy atom. The predicted molar refractivity (Wildman–Crippen MR) is 59.5 cm³/mol. The Balaban J connectivity index is 3.54. The molecule has 0 unspecified atom stereocenters. The highest BCUT2D eigenvalue weighted by molar-refractivity contribution is 8.18. The van der Waals surface area contributed by atoms with Crippen molar-refractivity contribution in [1.29, 1.82) is 0 Å². The lowest BCUT2D eigenvalue weighted by Gasteiger charge is -2.23. The third-order valence-electron chi connectivity index (χ3n) is 1.26. The zero-order valence-corrected chi connectivity index (χ0v) is 9.94. The van der Waals surface area contributed by atoms with Crippen LogP contribution in [0.15, 0.2) is 0 Å². The second-order valence-electron chi connectivity index (χ2n) is 3.54. The molecule has 0 bridgehead atoms. The van der Waals surface area contributed by atoms with Crippen molar-refractivity contribution in [1.82, 2.24) is 0 Å². The molecule has 0 rings (SSSR count). The van der Waals surface area contributed by atoms with Crippen molar-refractivity contribution >= 4 is 23.5 Å². The lowest BCUT2D eigenvalue weighted by Crippen LogP contribution is -2.11. The molecule has 0 aromatic heterocycles. The summed E-state index contributed by atoms with van der Waals surface area (Å²) in [4.78, 5) is 0. The van der Waals surface area contributed by atoms with Crippen molar-refractivity contribution in [3.8, 4) is 0 Å². The summed E-state index contributed by atoms with van der Waals surface area (Å²) in [6.07, 6.45) is 0. The van der Waals surface area contributed by atoms with E-state index < -0.39 is 0 Å². The largest absolute Gasteiger partial charge is 0.145 e. The van der Waals surface area contributed by atoms with Gasteiger partial charge in [0.05, 0.1) is 4.08 Å². The summed E-state index contributed by atoms with van der Waals surface area (Å²) in [5.74, 6) is 3.31. The number of hydrogen-bond acceptors (Lipinski definition) is 2. The molecule has 0 saturated carbocycles. The molecule has 11 heavy (non-hydrogen) atoms. The van der Waals surface area contributed by atoms with Gasteiger partial charge in [0.1, 0.15) is 0 Å². The fourth-order valence-corrected chi connectivity index (χ4v) is 3.08. The molecule has 2 heteroatoms. The van der Waals surface area contributed by atoms with Gasteiger partial charge >= 0.3 is 0 Å². The van der Waals surface area contributed by atoms with E-state index >= 15 is 0 Å². The highest BCUT2D eigenvalue weighted by atomic mass is 32.2. The third kappa shape index (κ3) is 7.07. The highest BCUT2D eigenvalue weighted by Gasteiger charge is 2.17. The van der Waals surface area contributed by atoms with Crippen LogP contribution >= 0.6 is 23.5 Å². The smallest absolute Gasteiger partial charge is 0.0555 e. The van der Waals surface area contributed by atoms with E-state index in [-0.39, 0.29) is 0 Å². The van der Waals surface area contributed by atoms with Crippen LogP contribution in [0.3, 0.4) is 0 Å². The summed E-state index contributed by atoms with van der Waals surface area (Å²) in [6, 6.07) is 0. The normalized spacial score (nSPS) is 12.5. The van der Waals surface area contributed by atoms with E-state index in [1.165, 1.54) is 11.5 Å². The third-order valence-corrected chi connectivity index (χ3v) is 4.48. The second kappa shape index (κ2) is 5.36. The van der Waals surface area contributed by atoms with Gasteiger partial charge in [0.2, 0.25) is 0 Å². The molecular weight excluding hydrogens is 172 g/mol. The first kappa shape index (κ1) is 11.7. The molecule has 0 nitrogen and oxygen atoms in total. The first-order chi connectivity index (χ1) is 4.98. The molecular formula is C9H20S2. The average molecular weight is 192 g/mol. The molecule has 0 spiro atoms. The Labute approximate surface area is 79.9 Å². The quantitative estimate of drug-likeness (QED) is 0.607. The van der Waals surface area contributed by atoms with Crippen LogP contribution in [0, 0.1) is 5.92 Å². The summed E-state index contributed by atoms with van der Waals surface area (Å²) >= 11 is 4.11. The van der Waals surface area contributed by atoms with Crippen LogP contribution in [0.2, 0.25) is 0 Å². The van der Waals surface area contributed by atoms with Crippen molar-refractivity contribution in [2.24, 2.45) is 5.92 Å². The van der Waals surface area contributed by atoms with Crippen LogP contribution in [-0.4, -0.2) is 15.6 Å². The number of thioether (sulfide) groups is 2. The van der Waals surface area contributed by atoms with Crippen LogP contribution in [0.5, 0.6) is 0 Å². The van der Waals surface area contributed by atoms with Crippen molar-refractivity contribution in [2.75, 3.05) is 11.5 Å². The topological polar surface area (TPSA) is 0 Å². The summed E-state index contributed by atoms with van der Waals surface area (Å²) < 4.78 is 0.416. The Morgan fingerprint density at radius 3 is 2.09 bits per heavy atom. The van der Waals surface area contributed by atoms with Crippen LogP contribution < -0.4 is 0 Å². The predicted octanol–water partition coefficient (Wildman–Crippen LogP) is 3.86. The van der Waals surface area contributed by atoms with Crippen LogP contribution in [0.1, 0.15) is 34.6 Å². The monoisotopic (exact) mass is 192 g/mol. The molecule has 0 fully saturated rings. The number of rotatable bonds is 5. The molecule has 0 aromatic rings. The van der Waals surface area contributed by atoms with Crippen LogP contribution in [0.4, 0.5) is 0 Å². The van der Waals surface area contributed by atoms with Gasteiger partial charge in [0, 0.05) is 0 Å². The molecule has 0 heterocycles. The summed E-state index contributed by atoms with van der Waals surface area (Å²) in [7, 11) is 0. The first-order valence-corrected chi connectivity index (χ1v) is 6.23. The van der Waals surface area contributed by atoms with Gasteiger partial charge in [-0.25, -0.2) is 0 Å². The molecule has 0 aliphatic carbocycles. The molecule has 0 N–H and O–H groups in total. The van der Waals surface area contributed by atoms with E-state index in [0.29, 0.717) is 4.08 Å². The van der Waals surface area contributed by atoms with E-state index in [4.69, 9.17) is 0 Å². The van der Waals surface area contributed by atoms with Gasteiger partial charge in [-0.1, -0.05) is 20.8 Å². The maximum atomic E-state index is 2.31. The summed E-state index contributed by atoms with van der Waals surface area (Å²) in [5, 5.41) is 0. The lowest BCUT2D eigenvalue weighted by molar-refractivity contribution is 0.747. The SMILES string of the molecule is CCSC(C)(C)SCC(C)C. The summed E-state index contributed by atoms with van der Waals surface area (Å²) in [5.41, 5.74) is 0. The highest BCUT2D eigenvalue weighted by Crippen LogP contribution is 2.36. The van der Waals surface area contributed by atoms with Gasteiger partial charge in [0.25, 0.3) is 0 Å². The Hall–Kier alpha value is 0.700. The van der Waals surface area contributed by atoms with Gasteiger partial charge in [-0.05, 0) is 31.3 Å². The summed E-state index contributed by atoms with van der Waals surface area (Å²) in [6.45, 7) is 11.4. The minimum Gasteiger partial charge on any atom is -0.145 e. The van der Waals surface area contributed by atoms with E-state index in [2.05, 4.69) is 46.4 Å². The minimum atomic E-state index is 0.416. The zero-order valence-electron chi connectivity index (χ0n) is 8.31. The maximum absolute atomic E-state index is 2.31. The van der Waals surface area contributed by atoms with E-state index in [1.54, 1.807) is 0 Å². The molecule has 68 valence electrons. The van der Waals surface area contributed by atoms with Gasteiger partial charge in [-0.15, -0.1) is 23.5 Å². The van der Waals surface area contributed by atoms with E-state index in [1.807, 2.05) is 11.8 Å². The van der Waals surface area contributed by atoms with Crippen molar-refractivity contribution in [2.45, 2.75) is 38.7 Å². The van der Waals surface area contributed by atoms with Crippen molar-refractivity contribution in [3.63, 3.8) is 0 Å². The van der Waals surface area contributed by atoms with Gasteiger partial charge < -0.3 is 0 Å². The zero-order chi connectivity index (χ0) is 8.91. The first-order valence-electron chi connectivity index (χ1n) is 4.26. The van der Waals surface area contributed by atoms with Gasteiger partial charge in [0.15, 0.2) is 0 Å². The van der Waals surface area contributed by atoms with Crippen LogP contribution in [0.25, 0.3) is 0 Å². The Kier molecular flexibility index (Phi) is 5.71. The van der Waals surface area contributed by atoms with E-state index in [9.17, 15) is 0 Å². The fourth-order valence-electron chi connectivity index (χ4n) is 0.757. The molecule has 0 aromatic carbocycles. The maximum Gasteiger partial charge on any atom is 0.0555 e. The second-order valence-corrected chi connectivity index (χ2v) is 7.33. The molecule has 0 atom stereocenters. The van der Waals surface area contributed by atoms with Gasteiger partial charge in [-0.2, -0.15) is 0 Å². The number of hydrogen-bond donors (Lipinski definition) is 0. The van der Waals surface area contributed by atoms with E-state index in [0.717, 1.165) is 5.92 Å². The standard InChI is InChI=1S/C9H20S2/c1-6-10-9(4,5)11-7-8(2)3/h8H,6-7H2,1-5H3.